The molecule has 0 saturated carbocycles. The number of para-hydroxylation sites is 1. The van der Waals surface area contributed by atoms with Gasteiger partial charge in [0.2, 0.25) is 15.9 Å². The molecule has 0 unspecified atom stereocenters. The van der Waals surface area contributed by atoms with Crippen LogP contribution in [0.25, 0.3) is 10.2 Å². The maximum atomic E-state index is 12.9. The molecule has 2 aromatic carbocycles. The lowest BCUT2D eigenvalue weighted by molar-refractivity contribution is -0.120. The molecule has 1 aromatic heterocycles. The SMILES string of the molecule is CCc1cccc2sc(NC(=O)C3CCN(S(=O)(=O)c4ccc(S(C)(=O)=O)cc4)CC3)nc12. The molecule has 176 valence electrons. The number of nitrogens with zero attached hydrogens (tertiary/aromatic N) is 2. The lowest BCUT2D eigenvalue weighted by Crippen LogP contribution is -2.41. The summed E-state index contributed by atoms with van der Waals surface area (Å²) in [5.41, 5.74) is 2.04. The zero-order valence-electron chi connectivity index (χ0n) is 18.3. The number of benzene rings is 2. The van der Waals surface area contributed by atoms with Gasteiger partial charge in [-0.3, -0.25) is 4.79 Å². The highest BCUT2D eigenvalue weighted by Crippen LogP contribution is 2.30. The molecule has 1 saturated heterocycles. The Kier molecular flexibility index (Phi) is 6.59. The minimum absolute atomic E-state index is 0.0407. The maximum absolute atomic E-state index is 12.9. The summed E-state index contributed by atoms with van der Waals surface area (Å²) < 4.78 is 51.5. The van der Waals surface area contributed by atoms with Crippen molar-refractivity contribution in [3.05, 3.63) is 48.0 Å². The smallest absolute Gasteiger partial charge is 0.243 e. The third-order valence-corrected chi connectivity index (χ3v) is 9.81. The molecule has 1 aliphatic rings. The Hall–Kier alpha value is -2.34. The highest BCUT2D eigenvalue weighted by molar-refractivity contribution is 7.90. The number of sulfone groups is 1. The van der Waals surface area contributed by atoms with Crippen LogP contribution in [0.2, 0.25) is 0 Å². The number of sulfonamides is 1. The molecule has 3 aromatic rings. The molecule has 0 bridgehead atoms. The van der Waals surface area contributed by atoms with Gasteiger partial charge in [0.25, 0.3) is 0 Å². The molecule has 1 fully saturated rings. The van der Waals surface area contributed by atoms with Crippen molar-refractivity contribution in [3.63, 3.8) is 0 Å². The third-order valence-electron chi connectivity index (χ3n) is 5.83. The largest absolute Gasteiger partial charge is 0.302 e. The van der Waals surface area contributed by atoms with E-state index in [2.05, 4.69) is 17.2 Å². The Morgan fingerprint density at radius 1 is 1.06 bits per heavy atom. The number of piperidine rings is 1. The van der Waals surface area contributed by atoms with Gasteiger partial charge in [0.15, 0.2) is 15.0 Å². The van der Waals surface area contributed by atoms with Gasteiger partial charge in [0.1, 0.15) is 0 Å². The van der Waals surface area contributed by atoms with E-state index in [-0.39, 0.29) is 34.7 Å². The average molecular weight is 508 g/mol. The number of anilines is 1. The summed E-state index contributed by atoms with van der Waals surface area (Å²) in [7, 11) is -7.16. The summed E-state index contributed by atoms with van der Waals surface area (Å²) in [6.45, 7) is 2.50. The fourth-order valence-electron chi connectivity index (χ4n) is 3.92. The van der Waals surface area contributed by atoms with Crippen molar-refractivity contribution in [1.29, 1.82) is 0 Å². The molecule has 2 heterocycles. The van der Waals surface area contributed by atoms with Crippen LogP contribution in [0.5, 0.6) is 0 Å². The first-order chi connectivity index (χ1) is 15.6. The summed E-state index contributed by atoms with van der Waals surface area (Å²) >= 11 is 1.43. The van der Waals surface area contributed by atoms with E-state index in [1.807, 2.05) is 18.2 Å². The van der Waals surface area contributed by atoms with E-state index in [0.29, 0.717) is 18.0 Å². The van der Waals surface area contributed by atoms with Crippen LogP contribution in [-0.2, 0) is 31.1 Å². The van der Waals surface area contributed by atoms with E-state index in [1.165, 1.54) is 39.9 Å². The van der Waals surface area contributed by atoms with Crippen LogP contribution in [0.4, 0.5) is 5.13 Å². The van der Waals surface area contributed by atoms with Crippen LogP contribution < -0.4 is 5.32 Å². The number of hydrogen-bond acceptors (Lipinski definition) is 7. The van der Waals surface area contributed by atoms with Crippen LogP contribution in [-0.4, -0.2) is 51.4 Å². The van der Waals surface area contributed by atoms with Crippen molar-refractivity contribution in [2.45, 2.75) is 36.0 Å². The van der Waals surface area contributed by atoms with Crippen molar-refractivity contribution in [3.8, 4) is 0 Å². The molecule has 0 spiro atoms. The van der Waals surface area contributed by atoms with Gasteiger partial charge in [-0.05, 0) is 55.2 Å². The van der Waals surface area contributed by atoms with Crippen molar-refractivity contribution >= 4 is 52.5 Å². The standard InChI is InChI=1S/C22H25N3O5S3/c1-3-15-5-4-6-19-20(15)23-22(31-19)24-21(26)16-11-13-25(14-12-16)33(29,30)18-9-7-17(8-10-18)32(2,27)28/h4-10,16H,3,11-14H2,1-2H3,(H,23,24,26). The van der Waals surface area contributed by atoms with Crippen LogP contribution >= 0.6 is 11.3 Å². The number of hydrogen-bond donors (Lipinski definition) is 1. The molecular weight excluding hydrogens is 482 g/mol. The van der Waals surface area contributed by atoms with E-state index >= 15 is 0 Å². The second kappa shape index (κ2) is 9.13. The summed E-state index contributed by atoms with van der Waals surface area (Å²) in [6.07, 6.45) is 2.73. The number of rotatable bonds is 6. The van der Waals surface area contributed by atoms with E-state index < -0.39 is 19.9 Å². The number of aromatic nitrogens is 1. The molecule has 1 aliphatic heterocycles. The highest BCUT2D eigenvalue weighted by Gasteiger charge is 2.32. The Balaban J connectivity index is 1.40. The second-order valence-electron chi connectivity index (χ2n) is 8.05. The first-order valence-corrected chi connectivity index (χ1v) is 14.7. The van der Waals surface area contributed by atoms with E-state index in [0.717, 1.165) is 28.5 Å². The van der Waals surface area contributed by atoms with Crippen molar-refractivity contribution in [2.24, 2.45) is 5.92 Å². The summed E-state index contributed by atoms with van der Waals surface area (Å²) in [4.78, 5) is 17.5. The zero-order valence-corrected chi connectivity index (χ0v) is 20.8. The maximum Gasteiger partial charge on any atom is 0.243 e. The van der Waals surface area contributed by atoms with Gasteiger partial charge in [-0.2, -0.15) is 4.31 Å². The van der Waals surface area contributed by atoms with Crippen molar-refractivity contribution in [1.82, 2.24) is 9.29 Å². The summed E-state index contributed by atoms with van der Waals surface area (Å²) in [5, 5.41) is 3.45. The van der Waals surface area contributed by atoms with Crippen LogP contribution in [0, 0.1) is 5.92 Å². The summed E-state index contributed by atoms with van der Waals surface area (Å²) in [5.74, 6) is -0.455. The first kappa shape index (κ1) is 23.8. The van der Waals surface area contributed by atoms with Gasteiger partial charge in [-0.1, -0.05) is 30.4 Å². The molecule has 33 heavy (non-hydrogen) atoms. The summed E-state index contributed by atoms with van der Waals surface area (Å²) in [6, 6.07) is 11.2. The number of thiazole rings is 1. The first-order valence-electron chi connectivity index (χ1n) is 10.6. The minimum atomic E-state index is -3.76. The number of carbonyl (C=O) groups is 1. The third kappa shape index (κ3) is 4.96. The molecule has 4 rings (SSSR count). The predicted molar refractivity (Wildman–Crippen MR) is 129 cm³/mol. The fourth-order valence-corrected chi connectivity index (χ4v) is 6.94. The van der Waals surface area contributed by atoms with Crippen LogP contribution in [0.15, 0.2) is 52.3 Å². The molecule has 11 heteroatoms. The molecule has 1 N–H and O–H groups in total. The van der Waals surface area contributed by atoms with Crippen molar-refractivity contribution in [2.75, 3.05) is 24.7 Å². The number of carbonyl (C=O) groups excluding carboxylic acids is 1. The van der Waals surface area contributed by atoms with Crippen LogP contribution in [0.1, 0.15) is 25.3 Å². The van der Waals surface area contributed by atoms with E-state index in [4.69, 9.17) is 0 Å². The Morgan fingerprint density at radius 3 is 2.30 bits per heavy atom. The monoisotopic (exact) mass is 507 g/mol. The van der Waals surface area contributed by atoms with Gasteiger partial charge >= 0.3 is 0 Å². The van der Waals surface area contributed by atoms with Crippen LogP contribution in [0.3, 0.4) is 0 Å². The van der Waals surface area contributed by atoms with Gasteiger partial charge < -0.3 is 5.32 Å². The predicted octanol–water partition coefficient (Wildman–Crippen LogP) is 3.30. The molecular formula is C22H25N3O5S3. The molecule has 8 nitrogen and oxygen atoms in total. The normalized spacial score (nSPS) is 16.2. The van der Waals surface area contributed by atoms with Gasteiger partial charge in [-0.25, -0.2) is 21.8 Å². The number of aryl methyl sites for hydroxylation is 1. The lowest BCUT2D eigenvalue weighted by Gasteiger charge is -2.30. The molecule has 0 aliphatic carbocycles. The Bertz CT molecular complexity index is 1390. The Labute approximate surface area is 197 Å². The van der Waals surface area contributed by atoms with E-state index in [1.54, 1.807) is 0 Å². The molecule has 1 amide bonds. The second-order valence-corrected chi connectivity index (χ2v) is 13.0. The van der Waals surface area contributed by atoms with Gasteiger partial charge in [0.05, 0.1) is 20.0 Å². The number of nitrogens with one attached hydrogen (secondary N) is 1. The minimum Gasteiger partial charge on any atom is -0.302 e. The fraction of sp³-hybridized carbons (Fsp3) is 0.364. The zero-order chi connectivity index (χ0) is 23.8. The van der Waals surface area contributed by atoms with Gasteiger partial charge in [0, 0.05) is 25.3 Å². The quantitative estimate of drug-likeness (QED) is 0.548. The van der Waals surface area contributed by atoms with E-state index in [9.17, 15) is 21.6 Å². The van der Waals surface area contributed by atoms with Crippen molar-refractivity contribution < 1.29 is 21.6 Å². The molecule has 0 atom stereocenters. The number of amides is 1. The Morgan fingerprint density at radius 2 is 1.70 bits per heavy atom. The molecule has 0 radical (unpaired) electrons. The topological polar surface area (TPSA) is 114 Å². The van der Waals surface area contributed by atoms with Gasteiger partial charge in [-0.15, -0.1) is 0 Å². The highest BCUT2D eigenvalue weighted by atomic mass is 32.2. The average Bonchev–Trinajstić information content (AvgIpc) is 3.21. The number of fused-ring (bicyclic) bond motifs is 1. The lowest BCUT2D eigenvalue weighted by atomic mass is 9.97.